The number of fused-ring (bicyclic) bond motifs is 6. The number of hydrogen-bond donors (Lipinski definition) is 0. The van der Waals surface area contributed by atoms with Crippen molar-refractivity contribution in [3.05, 3.63) is 255 Å². The van der Waals surface area contributed by atoms with Crippen LogP contribution >= 0.6 is 0 Å². The van der Waals surface area contributed by atoms with Gasteiger partial charge in [0.25, 0.3) is 0 Å². The summed E-state index contributed by atoms with van der Waals surface area (Å²) in [7, 11) is -2.76. The van der Waals surface area contributed by atoms with Crippen molar-refractivity contribution in [3.8, 4) is 51.0 Å². The lowest BCUT2D eigenvalue weighted by molar-refractivity contribution is 0.669. The van der Waals surface area contributed by atoms with Gasteiger partial charge in [0.15, 0.2) is 25.5 Å². The van der Waals surface area contributed by atoms with E-state index in [1.807, 2.05) is 18.2 Å². The maximum absolute atomic E-state index is 6.31. The summed E-state index contributed by atoms with van der Waals surface area (Å²) in [4.78, 5) is 16.0. The highest BCUT2D eigenvalue weighted by Gasteiger charge is 2.41. The van der Waals surface area contributed by atoms with E-state index in [0.29, 0.717) is 17.5 Å². The van der Waals surface area contributed by atoms with Gasteiger partial charge in [0.2, 0.25) is 0 Å². The number of aromatic nitrogens is 4. The minimum absolute atomic E-state index is 0.592. The van der Waals surface area contributed by atoms with Gasteiger partial charge in [-0.2, -0.15) is 0 Å². The molecule has 0 bridgehead atoms. The van der Waals surface area contributed by atoms with Gasteiger partial charge in [0.1, 0.15) is 11.2 Å². The number of hydrogen-bond acceptors (Lipinski definition) is 4. The van der Waals surface area contributed by atoms with Gasteiger partial charge in [-0.25, -0.2) is 15.0 Å². The van der Waals surface area contributed by atoms with E-state index in [4.69, 9.17) is 19.4 Å². The third-order valence-electron chi connectivity index (χ3n) is 13.6. The van der Waals surface area contributed by atoms with Crippen molar-refractivity contribution in [3.63, 3.8) is 0 Å². The van der Waals surface area contributed by atoms with Crippen LogP contribution in [0.3, 0.4) is 0 Å². The SMILES string of the molecule is c1ccc([Si](c2ccccc2)(c2ccccc2)c2ccc(-c3nc(-c4cccc(-c5cccc6oc7ccccc7c56)c4)nc(-c4cccc(-n5c6ccccc6c6ccccc65)c4)n3)cc2)cc1. The molecular weight excluding hydrogens is 857 g/mol. The molecule has 0 aliphatic heterocycles. The first-order valence-electron chi connectivity index (χ1n) is 23.3. The molecule has 13 rings (SSSR count). The maximum atomic E-state index is 6.31. The molecular formula is C63H42N4OSi. The average molecular weight is 899 g/mol. The summed E-state index contributed by atoms with van der Waals surface area (Å²) in [6.07, 6.45) is 0. The zero-order valence-corrected chi connectivity index (χ0v) is 38.4. The van der Waals surface area contributed by atoms with Crippen LogP contribution in [0, 0.1) is 0 Å². The molecule has 3 heterocycles. The van der Waals surface area contributed by atoms with Gasteiger partial charge in [-0.1, -0.05) is 212 Å². The topological polar surface area (TPSA) is 56.7 Å². The fraction of sp³-hybridized carbons (Fsp3) is 0. The fourth-order valence-electron chi connectivity index (χ4n) is 10.5. The zero-order chi connectivity index (χ0) is 45.7. The Labute approximate surface area is 400 Å². The molecule has 0 saturated heterocycles. The van der Waals surface area contributed by atoms with Gasteiger partial charge in [-0.15, -0.1) is 0 Å². The van der Waals surface area contributed by atoms with Crippen LogP contribution in [0.1, 0.15) is 0 Å². The fourth-order valence-corrected chi connectivity index (χ4v) is 15.3. The van der Waals surface area contributed by atoms with E-state index >= 15 is 0 Å². The quantitative estimate of drug-likeness (QED) is 0.107. The average Bonchev–Trinajstić information content (AvgIpc) is 3.98. The normalized spacial score (nSPS) is 11.8. The lowest BCUT2D eigenvalue weighted by atomic mass is 9.98. The molecule has 0 unspecified atom stereocenters. The predicted molar refractivity (Wildman–Crippen MR) is 287 cm³/mol. The van der Waals surface area contributed by atoms with Gasteiger partial charge < -0.3 is 8.98 Å². The van der Waals surface area contributed by atoms with Crippen LogP contribution in [0.15, 0.2) is 259 Å². The van der Waals surface area contributed by atoms with Crippen molar-refractivity contribution in [1.82, 2.24) is 19.5 Å². The Balaban J connectivity index is 0.992. The molecule has 0 saturated carbocycles. The molecule has 13 aromatic rings. The number of furan rings is 1. The molecule has 6 heteroatoms. The van der Waals surface area contributed by atoms with Crippen LogP contribution < -0.4 is 20.7 Å². The van der Waals surface area contributed by atoms with Crippen LogP contribution in [0.25, 0.3) is 94.7 Å². The van der Waals surface area contributed by atoms with E-state index in [2.05, 4.69) is 241 Å². The van der Waals surface area contributed by atoms with Crippen molar-refractivity contribution < 1.29 is 4.42 Å². The Morgan fingerprint density at radius 1 is 0.319 bits per heavy atom. The van der Waals surface area contributed by atoms with E-state index in [1.165, 1.54) is 31.5 Å². The molecule has 3 aromatic heterocycles. The summed E-state index contributed by atoms with van der Waals surface area (Å²) >= 11 is 0. The number of rotatable bonds is 9. The predicted octanol–water partition coefficient (Wildman–Crippen LogP) is 12.9. The molecule has 0 amide bonds. The second kappa shape index (κ2) is 16.7. The number of benzene rings is 10. The van der Waals surface area contributed by atoms with Gasteiger partial charge in [-0.3, -0.25) is 0 Å². The molecule has 0 aliphatic carbocycles. The minimum atomic E-state index is -2.76. The van der Waals surface area contributed by atoms with Crippen molar-refractivity contribution >= 4 is 72.6 Å². The summed E-state index contributed by atoms with van der Waals surface area (Å²) < 4.78 is 8.65. The first-order chi connectivity index (χ1) is 34.2. The van der Waals surface area contributed by atoms with Gasteiger partial charge in [0, 0.05) is 43.9 Å². The van der Waals surface area contributed by atoms with E-state index < -0.39 is 8.07 Å². The monoisotopic (exact) mass is 898 g/mol. The van der Waals surface area contributed by atoms with Crippen molar-refractivity contribution in [2.24, 2.45) is 0 Å². The third kappa shape index (κ3) is 6.80. The van der Waals surface area contributed by atoms with E-state index in [-0.39, 0.29) is 0 Å². The van der Waals surface area contributed by atoms with Crippen molar-refractivity contribution in [1.29, 1.82) is 0 Å². The summed E-state index contributed by atoms with van der Waals surface area (Å²) in [6, 6.07) is 90.8. The maximum Gasteiger partial charge on any atom is 0.179 e. The number of nitrogens with zero attached hydrogens (tertiary/aromatic N) is 4. The van der Waals surface area contributed by atoms with Crippen LogP contribution in [0.2, 0.25) is 0 Å². The van der Waals surface area contributed by atoms with Crippen LogP contribution in [0.5, 0.6) is 0 Å². The van der Waals surface area contributed by atoms with E-state index in [9.17, 15) is 0 Å². The first kappa shape index (κ1) is 40.3. The lowest BCUT2D eigenvalue weighted by Crippen LogP contribution is -2.74. The second-order valence-corrected chi connectivity index (χ2v) is 21.3. The molecule has 0 fully saturated rings. The second-order valence-electron chi connectivity index (χ2n) is 17.5. The Kier molecular flexibility index (Phi) is 9.77. The molecule has 5 nitrogen and oxygen atoms in total. The highest BCUT2D eigenvalue weighted by Crippen LogP contribution is 2.38. The van der Waals surface area contributed by atoms with Crippen LogP contribution in [0.4, 0.5) is 0 Å². The van der Waals surface area contributed by atoms with E-state index in [1.54, 1.807) is 0 Å². The molecule has 0 atom stereocenters. The molecule has 0 aliphatic rings. The third-order valence-corrected chi connectivity index (χ3v) is 18.4. The smallest absolute Gasteiger partial charge is 0.179 e. The molecule has 324 valence electrons. The Morgan fingerprint density at radius 3 is 1.38 bits per heavy atom. The molecule has 0 N–H and O–H groups in total. The number of para-hydroxylation sites is 3. The zero-order valence-electron chi connectivity index (χ0n) is 37.4. The summed E-state index contributed by atoms with van der Waals surface area (Å²) in [5.41, 5.74) is 9.88. The first-order valence-corrected chi connectivity index (χ1v) is 25.3. The molecule has 0 spiro atoms. The van der Waals surface area contributed by atoms with E-state index in [0.717, 1.165) is 66.5 Å². The van der Waals surface area contributed by atoms with Gasteiger partial charge in [0.05, 0.1) is 11.0 Å². The molecule has 10 aromatic carbocycles. The standard InChI is InChI=1S/C63H42N4OSi/c1-4-23-48(24-5-1)69(49-25-6-2-7-26-49,50-27-8-3-9-28-50)51-39-37-43(38-40-51)61-64-62(45-20-16-19-44(41-45)52-32-18-36-59-60(52)55-31-12-15-35-58(55)68-59)66-63(65-61)46-21-17-22-47(42-46)67-56-33-13-10-29-53(56)54-30-11-14-34-57(54)67/h1-42H. The van der Waals surface area contributed by atoms with Gasteiger partial charge >= 0.3 is 0 Å². The molecule has 69 heavy (non-hydrogen) atoms. The van der Waals surface area contributed by atoms with Crippen molar-refractivity contribution in [2.75, 3.05) is 0 Å². The highest BCUT2D eigenvalue weighted by molar-refractivity contribution is 7.19. The molecule has 0 radical (unpaired) electrons. The Hall–Kier alpha value is -8.97. The van der Waals surface area contributed by atoms with Gasteiger partial charge in [-0.05, 0) is 74.3 Å². The minimum Gasteiger partial charge on any atom is -0.456 e. The lowest BCUT2D eigenvalue weighted by Gasteiger charge is -2.34. The van der Waals surface area contributed by atoms with Crippen LogP contribution in [-0.2, 0) is 0 Å². The Morgan fingerprint density at radius 2 is 0.768 bits per heavy atom. The summed E-state index contributed by atoms with van der Waals surface area (Å²) in [6.45, 7) is 0. The Bertz CT molecular complexity index is 3860. The highest BCUT2D eigenvalue weighted by atomic mass is 28.3. The summed E-state index contributed by atoms with van der Waals surface area (Å²) in [5, 5.41) is 9.84. The largest absolute Gasteiger partial charge is 0.456 e. The summed E-state index contributed by atoms with van der Waals surface area (Å²) in [5.74, 6) is 1.79. The van der Waals surface area contributed by atoms with Crippen molar-refractivity contribution in [2.45, 2.75) is 0 Å². The van der Waals surface area contributed by atoms with Crippen LogP contribution in [-0.4, -0.2) is 27.6 Å².